The van der Waals surface area contributed by atoms with Crippen LogP contribution in [0.5, 0.6) is 5.75 Å². The molecule has 3 nitrogen and oxygen atoms in total. The van der Waals surface area contributed by atoms with E-state index in [0.717, 1.165) is 28.3 Å². The Kier molecular flexibility index (Phi) is 3.54. The van der Waals surface area contributed by atoms with E-state index in [1.807, 2.05) is 25.1 Å². The highest BCUT2D eigenvalue weighted by molar-refractivity contribution is 5.84. The van der Waals surface area contributed by atoms with Crippen LogP contribution in [0, 0.1) is 6.92 Å². The second-order valence-electron chi connectivity index (χ2n) is 5.74. The molecule has 0 aliphatic heterocycles. The van der Waals surface area contributed by atoms with Crippen LogP contribution in [0.2, 0.25) is 0 Å². The van der Waals surface area contributed by atoms with Crippen molar-refractivity contribution in [3.63, 3.8) is 0 Å². The summed E-state index contributed by atoms with van der Waals surface area (Å²) in [6, 6.07) is 25.0. The molecule has 0 N–H and O–H groups in total. The minimum Gasteiger partial charge on any atom is -0.494 e. The van der Waals surface area contributed by atoms with Crippen molar-refractivity contribution in [1.82, 2.24) is 9.55 Å². The van der Waals surface area contributed by atoms with Gasteiger partial charge in [-0.05, 0) is 42.3 Å². The van der Waals surface area contributed by atoms with E-state index in [9.17, 15) is 0 Å². The minimum absolute atomic E-state index is 0.800. The Hall–Kier alpha value is -3.07. The summed E-state index contributed by atoms with van der Waals surface area (Å²) in [6.07, 6.45) is 0. The van der Waals surface area contributed by atoms with Gasteiger partial charge in [0.25, 0.3) is 0 Å². The SMILES string of the molecule is COc1cccc2c1nc(C)n2-c1cccc(-c2ccccc2)c1. The highest BCUT2D eigenvalue weighted by atomic mass is 16.5. The van der Waals surface area contributed by atoms with Crippen molar-refractivity contribution in [3.8, 4) is 22.6 Å². The first-order valence-electron chi connectivity index (χ1n) is 7.96. The number of hydrogen-bond donors (Lipinski definition) is 0. The maximum absolute atomic E-state index is 5.45. The summed E-state index contributed by atoms with van der Waals surface area (Å²) in [4.78, 5) is 4.70. The molecule has 3 aromatic carbocycles. The number of nitrogens with zero attached hydrogens (tertiary/aromatic N) is 2. The number of ether oxygens (including phenoxy) is 1. The molecular formula is C21H18N2O. The van der Waals surface area contributed by atoms with Gasteiger partial charge in [0, 0.05) is 5.69 Å². The molecule has 0 atom stereocenters. The third-order valence-corrected chi connectivity index (χ3v) is 4.25. The maximum atomic E-state index is 5.45. The average molecular weight is 314 g/mol. The lowest BCUT2D eigenvalue weighted by Gasteiger charge is -2.10. The van der Waals surface area contributed by atoms with Crippen molar-refractivity contribution in [2.45, 2.75) is 6.92 Å². The molecule has 118 valence electrons. The summed E-state index contributed by atoms with van der Waals surface area (Å²) < 4.78 is 7.62. The summed E-state index contributed by atoms with van der Waals surface area (Å²) in [5, 5.41) is 0. The first kappa shape index (κ1) is 14.5. The van der Waals surface area contributed by atoms with Crippen LogP contribution in [-0.4, -0.2) is 16.7 Å². The topological polar surface area (TPSA) is 27.1 Å². The molecule has 1 aromatic heterocycles. The van der Waals surface area contributed by atoms with Gasteiger partial charge in [-0.2, -0.15) is 0 Å². The van der Waals surface area contributed by atoms with Gasteiger partial charge in [-0.3, -0.25) is 4.57 Å². The van der Waals surface area contributed by atoms with E-state index in [2.05, 4.69) is 59.2 Å². The van der Waals surface area contributed by atoms with Gasteiger partial charge in [0.1, 0.15) is 17.1 Å². The number of methoxy groups -OCH3 is 1. The Balaban J connectivity index is 1.91. The lowest BCUT2D eigenvalue weighted by molar-refractivity contribution is 0.419. The zero-order valence-electron chi connectivity index (χ0n) is 13.7. The van der Waals surface area contributed by atoms with Crippen molar-refractivity contribution < 1.29 is 4.74 Å². The van der Waals surface area contributed by atoms with Crippen molar-refractivity contribution in [3.05, 3.63) is 78.6 Å². The van der Waals surface area contributed by atoms with Crippen molar-refractivity contribution in [2.24, 2.45) is 0 Å². The molecule has 0 bridgehead atoms. The van der Waals surface area contributed by atoms with Gasteiger partial charge in [-0.15, -0.1) is 0 Å². The number of fused-ring (bicyclic) bond motifs is 1. The molecule has 24 heavy (non-hydrogen) atoms. The van der Waals surface area contributed by atoms with Crippen molar-refractivity contribution >= 4 is 11.0 Å². The highest BCUT2D eigenvalue weighted by Gasteiger charge is 2.13. The largest absolute Gasteiger partial charge is 0.494 e. The quantitative estimate of drug-likeness (QED) is 0.531. The van der Waals surface area contributed by atoms with Gasteiger partial charge in [0.05, 0.1) is 12.6 Å². The monoisotopic (exact) mass is 314 g/mol. The number of imidazole rings is 1. The van der Waals surface area contributed by atoms with Gasteiger partial charge < -0.3 is 4.74 Å². The normalized spacial score (nSPS) is 10.9. The Morgan fingerprint density at radius 1 is 0.833 bits per heavy atom. The van der Waals surface area contributed by atoms with Gasteiger partial charge >= 0.3 is 0 Å². The first-order valence-corrected chi connectivity index (χ1v) is 7.96. The fraction of sp³-hybridized carbons (Fsp3) is 0.0952. The van der Waals surface area contributed by atoms with Crippen LogP contribution >= 0.6 is 0 Å². The molecular weight excluding hydrogens is 296 g/mol. The van der Waals surface area contributed by atoms with Crippen molar-refractivity contribution in [1.29, 1.82) is 0 Å². The smallest absolute Gasteiger partial charge is 0.146 e. The molecule has 4 rings (SSSR count). The van der Waals surface area contributed by atoms with Crippen LogP contribution in [0.25, 0.3) is 27.8 Å². The van der Waals surface area contributed by atoms with Crippen LogP contribution in [0.3, 0.4) is 0 Å². The van der Waals surface area contributed by atoms with Crippen molar-refractivity contribution in [2.75, 3.05) is 7.11 Å². The van der Waals surface area contributed by atoms with E-state index in [0.29, 0.717) is 0 Å². The zero-order chi connectivity index (χ0) is 16.5. The Morgan fingerprint density at radius 3 is 2.38 bits per heavy atom. The second kappa shape index (κ2) is 5.85. The standard InChI is InChI=1S/C21H18N2O/c1-15-22-21-19(12-7-13-20(21)24-2)23(15)18-11-6-10-17(14-18)16-8-4-3-5-9-16/h3-14H,1-2H3. The molecule has 0 aliphatic rings. The second-order valence-corrected chi connectivity index (χ2v) is 5.74. The molecule has 3 heteroatoms. The number of para-hydroxylation sites is 1. The van der Waals surface area contributed by atoms with Gasteiger partial charge in [0.2, 0.25) is 0 Å². The van der Waals surface area contributed by atoms with Crippen LogP contribution in [0.15, 0.2) is 72.8 Å². The number of rotatable bonds is 3. The molecule has 0 radical (unpaired) electrons. The van der Waals surface area contributed by atoms with Gasteiger partial charge in [0.15, 0.2) is 0 Å². The first-order chi connectivity index (χ1) is 11.8. The van der Waals surface area contributed by atoms with E-state index in [1.54, 1.807) is 7.11 Å². The van der Waals surface area contributed by atoms with E-state index in [1.165, 1.54) is 11.1 Å². The van der Waals surface area contributed by atoms with Crippen LogP contribution in [-0.2, 0) is 0 Å². The molecule has 0 saturated carbocycles. The summed E-state index contributed by atoms with van der Waals surface area (Å²) in [5.74, 6) is 1.74. The van der Waals surface area contributed by atoms with Gasteiger partial charge in [-0.25, -0.2) is 4.98 Å². The van der Waals surface area contributed by atoms with Gasteiger partial charge in [-0.1, -0.05) is 48.5 Å². The Labute approximate surface area is 141 Å². The molecule has 0 aliphatic carbocycles. The molecule has 4 aromatic rings. The van der Waals surface area contributed by atoms with E-state index in [4.69, 9.17) is 9.72 Å². The average Bonchev–Trinajstić information content (AvgIpc) is 2.98. The minimum atomic E-state index is 0.800. The molecule has 0 amide bonds. The third kappa shape index (κ3) is 2.35. The molecule has 1 heterocycles. The summed E-state index contributed by atoms with van der Waals surface area (Å²) in [6.45, 7) is 2.02. The maximum Gasteiger partial charge on any atom is 0.146 e. The number of aryl methyl sites for hydroxylation is 1. The number of benzene rings is 3. The lowest BCUT2D eigenvalue weighted by Crippen LogP contribution is -1.97. The molecule has 0 fully saturated rings. The number of hydrogen-bond acceptors (Lipinski definition) is 2. The Bertz CT molecular complexity index is 1000. The van der Waals surface area contributed by atoms with E-state index < -0.39 is 0 Å². The van der Waals surface area contributed by atoms with E-state index in [-0.39, 0.29) is 0 Å². The predicted molar refractivity (Wildman–Crippen MR) is 97.8 cm³/mol. The molecule has 0 spiro atoms. The zero-order valence-corrected chi connectivity index (χ0v) is 13.7. The lowest BCUT2D eigenvalue weighted by atomic mass is 10.1. The Morgan fingerprint density at radius 2 is 1.58 bits per heavy atom. The van der Waals surface area contributed by atoms with E-state index >= 15 is 0 Å². The predicted octanol–water partition coefficient (Wildman–Crippen LogP) is 5.01. The van der Waals surface area contributed by atoms with Crippen LogP contribution in [0.4, 0.5) is 0 Å². The summed E-state index contributed by atoms with van der Waals surface area (Å²) in [7, 11) is 1.68. The fourth-order valence-corrected chi connectivity index (χ4v) is 3.14. The summed E-state index contributed by atoms with van der Waals surface area (Å²) >= 11 is 0. The van der Waals surface area contributed by atoms with Crippen LogP contribution in [0.1, 0.15) is 5.82 Å². The summed E-state index contributed by atoms with van der Waals surface area (Å²) in [5.41, 5.74) is 5.44. The number of aromatic nitrogens is 2. The molecule has 0 unspecified atom stereocenters. The van der Waals surface area contributed by atoms with Crippen LogP contribution < -0.4 is 4.74 Å². The fourth-order valence-electron chi connectivity index (χ4n) is 3.14. The third-order valence-electron chi connectivity index (χ3n) is 4.25. The molecule has 0 saturated heterocycles. The highest BCUT2D eigenvalue weighted by Crippen LogP contribution is 2.29.